The Morgan fingerprint density at radius 2 is 2.00 bits per heavy atom. The quantitative estimate of drug-likeness (QED) is 0.608. The summed E-state index contributed by atoms with van der Waals surface area (Å²) in [5, 5.41) is 0.781. The Morgan fingerprint density at radius 3 is 2.72 bits per heavy atom. The Kier molecular flexibility index (Phi) is 2.13. The summed E-state index contributed by atoms with van der Waals surface area (Å²) in [5.74, 6) is -0.0989. The fourth-order valence-corrected chi connectivity index (χ4v) is 2.37. The molecule has 0 fully saturated rings. The van der Waals surface area contributed by atoms with Gasteiger partial charge in [0.25, 0.3) is 0 Å². The molecule has 4 heteroatoms. The van der Waals surface area contributed by atoms with E-state index in [0.29, 0.717) is 11.1 Å². The number of carbonyl (C=O) groups excluding carboxylic acids is 1. The summed E-state index contributed by atoms with van der Waals surface area (Å²) >= 11 is 0. The van der Waals surface area contributed by atoms with Crippen molar-refractivity contribution in [3.63, 3.8) is 0 Å². The van der Waals surface area contributed by atoms with E-state index in [4.69, 9.17) is 4.42 Å². The molecule has 4 nitrogen and oxygen atoms in total. The molecule has 0 aliphatic heterocycles. The average Bonchev–Trinajstić information content (AvgIpc) is 2.64. The van der Waals surface area contributed by atoms with Crippen molar-refractivity contribution in [1.82, 2.24) is 4.57 Å². The minimum absolute atomic E-state index is 0.0989. The largest absolute Gasteiger partial charge is 0.420 e. The number of aryl methyl sites for hydroxylation is 1. The monoisotopic (exact) mass is 241 g/mol. The summed E-state index contributed by atoms with van der Waals surface area (Å²) in [7, 11) is 0. The number of hydrogen-bond acceptors (Lipinski definition) is 3. The van der Waals surface area contributed by atoms with E-state index in [-0.39, 0.29) is 5.91 Å². The van der Waals surface area contributed by atoms with Crippen LogP contribution in [0.4, 0.5) is 0 Å². The van der Waals surface area contributed by atoms with Gasteiger partial charge >= 0.3 is 5.63 Å². The van der Waals surface area contributed by atoms with Gasteiger partial charge in [0.1, 0.15) is 0 Å². The van der Waals surface area contributed by atoms with E-state index in [0.717, 1.165) is 16.5 Å². The molecule has 0 bridgehead atoms. The van der Waals surface area contributed by atoms with Crippen molar-refractivity contribution < 1.29 is 9.21 Å². The Hall–Kier alpha value is -2.36. The lowest BCUT2D eigenvalue weighted by atomic mass is 10.2. The summed E-state index contributed by atoms with van der Waals surface area (Å²) in [5.41, 5.74) is 2.26. The van der Waals surface area contributed by atoms with Gasteiger partial charge in [-0.25, -0.2) is 4.79 Å². The number of para-hydroxylation sites is 1. The van der Waals surface area contributed by atoms with Crippen LogP contribution in [-0.2, 0) is 0 Å². The molecule has 0 amide bonds. The van der Waals surface area contributed by atoms with Gasteiger partial charge in [0, 0.05) is 18.4 Å². The van der Waals surface area contributed by atoms with Gasteiger partial charge < -0.3 is 4.42 Å². The molecule has 0 unspecified atom stereocenters. The first-order valence-corrected chi connectivity index (χ1v) is 5.64. The molecule has 0 atom stereocenters. The number of carbonyl (C=O) groups is 1. The lowest BCUT2D eigenvalue weighted by Crippen LogP contribution is -2.07. The normalized spacial score (nSPS) is 11.2. The van der Waals surface area contributed by atoms with Gasteiger partial charge in [0.15, 0.2) is 5.58 Å². The van der Waals surface area contributed by atoms with E-state index in [1.807, 2.05) is 24.3 Å². The zero-order valence-corrected chi connectivity index (χ0v) is 10.1. The van der Waals surface area contributed by atoms with Gasteiger partial charge in [-0.2, -0.15) is 0 Å². The van der Waals surface area contributed by atoms with Crippen molar-refractivity contribution in [2.24, 2.45) is 0 Å². The van der Waals surface area contributed by atoms with Crippen molar-refractivity contribution in [3.8, 4) is 0 Å². The van der Waals surface area contributed by atoms with Crippen LogP contribution in [0.15, 0.2) is 39.5 Å². The van der Waals surface area contributed by atoms with Gasteiger partial charge in [0.05, 0.1) is 11.0 Å². The SMILES string of the molecule is CC(=O)n1c2ccccc2c2oc(=O)cc(C)c21. The van der Waals surface area contributed by atoms with E-state index >= 15 is 0 Å². The first-order chi connectivity index (χ1) is 8.59. The van der Waals surface area contributed by atoms with E-state index in [9.17, 15) is 9.59 Å². The zero-order chi connectivity index (χ0) is 12.9. The van der Waals surface area contributed by atoms with Gasteiger partial charge in [-0.05, 0) is 24.6 Å². The molecule has 2 heterocycles. The van der Waals surface area contributed by atoms with E-state index in [2.05, 4.69) is 0 Å². The summed E-state index contributed by atoms with van der Waals surface area (Å²) in [6.45, 7) is 3.30. The predicted octanol–water partition coefficient (Wildman–Crippen LogP) is 2.72. The van der Waals surface area contributed by atoms with E-state index < -0.39 is 5.63 Å². The zero-order valence-electron chi connectivity index (χ0n) is 10.1. The first kappa shape index (κ1) is 10.8. The maximum Gasteiger partial charge on any atom is 0.336 e. The molecule has 90 valence electrons. The summed E-state index contributed by atoms with van der Waals surface area (Å²) in [6, 6.07) is 8.80. The molecule has 3 aromatic rings. The molecular formula is C14H11NO3. The minimum atomic E-state index is -0.397. The second-order valence-corrected chi connectivity index (χ2v) is 4.30. The van der Waals surface area contributed by atoms with Crippen LogP contribution < -0.4 is 5.63 Å². The molecule has 0 radical (unpaired) electrons. The summed E-state index contributed by atoms with van der Waals surface area (Å²) in [4.78, 5) is 23.3. The molecule has 3 rings (SSSR count). The molecule has 0 aliphatic carbocycles. The number of nitrogens with zero attached hydrogens (tertiary/aromatic N) is 1. The standard InChI is InChI=1S/C14H11NO3/c1-8-7-12(17)18-14-10-5-3-4-6-11(10)15(9(2)16)13(8)14/h3-7H,1-2H3. The third-order valence-electron chi connectivity index (χ3n) is 3.05. The fraction of sp³-hybridized carbons (Fsp3) is 0.143. The molecule has 0 aliphatic rings. The first-order valence-electron chi connectivity index (χ1n) is 5.64. The molecule has 2 aromatic heterocycles. The average molecular weight is 241 g/mol. The van der Waals surface area contributed by atoms with Crippen LogP contribution in [0.1, 0.15) is 17.3 Å². The number of aromatic nitrogens is 1. The van der Waals surface area contributed by atoms with E-state index in [1.165, 1.54) is 13.0 Å². The van der Waals surface area contributed by atoms with Crippen LogP contribution in [0.25, 0.3) is 22.0 Å². The maximum atomic E-state index is 11.8. The number of rotatable bonds is 0. The summed E-state index contributed by atoms with van der Waals surface area (Å²) in [6.07, 6.45) is 0. The number of fused-ring (bicyclic) bond motifs is 3. The molecule has 0 N–H and O–H groups in total. The Bertz CT molecular complexity index is 839. The van der Waals surface area contributed by atoms with Crippen LogP contribution in [0.2, 0.25) is 0 Å². The highest BCUT2D eigenvalue weighted by atomic mass is 16.4. The third kappa shape index (κ3) is 1.32. The van der Waals surface area contributed by atoms with Crippen LogP contribution >= 0.6 is 0 Å². The second kappa shape index (κ2) is 3.57. The highest BCUT2D eigenvalue weighted by molar-refractivity contribution is 6.11. The van der Waals surface area contributed by atoms with Crippen LogP contribution in [-0.4, -0.2) is 10.5 Å². The van der Waals surface area contributed by atoms with Crippen molar-refractivity contribution >= 4 is 27.9 Å². The Balaban J connectivity index is 2.71. The van der Waals surface area contributed by atoms with Gasteiger partial charge in [0.2, 0.25) is 5.91 Å². The lowest BCUT2D eigenvalue weighted by molar-refractivity contribution is 0.0946. The minimum Gasteiger partial charge on any atom is -0.420 e. The lowest BCUT2D eigenvalue weighted by Gasteiger charge is -2.02. The second-order valence-electron chi connectivity index (χ2n) is 4.30. The summed E-state index contributed by atoms with van der Waals surface area (Å²) < 4.78 is 6.84. The van der Waals surface area contributed by atoms with Gasteiger partial charge in [-0.3, -0.25) is 9.36 Å². The molecular weight excluding hydrogens is 230 g/mol. The highest BCUT2D eigenvalue weighted by Gasteiger charge is 2.17. The van der Waals surface area contributed by atoms with Crippen molar-refractivity contribution in [3.05, 3.63) is 46.3 Å². The topological polar surface area (TPSA) is 52.2 Å². The number of hydrogen-bond donors (Lipinski definition) is 0. The molecule has 18 heavy (non-hydrogen) atoms. The van der Waals surface area contributed by atoms with Gasteiger partial charge in [-0.15, -0.1) is 0 Å². The van der Waals surface area contributed by atoms with Crippen molar-refractivity contribution in [1.29, 1.82) is 0 Å². The fourth-order valence-electron chi connectivity index (χ4n) is 2.37. The van der Waals surface area contributed by atoms with Crippen LogP contribution in [0.5, 0.6) is 0 Å². The van der Waals surface area contributed by atoms with Crippen LogP contribution in [0, 0.1) is 6.92 Å². The molecule has 0 saturated carbocycles. The number of benzene rings is 1. The Morgan fingerprint density at radius 1 is 1.28 bits per heavy atom. The van der Waals surface area contributed by atoms with Crippen LogP contribution in [0.3, 0.4) is 0 Å². The third-order valence-corrected chi connectivity index (χ3v) is 3.05. The van der Waals surface area contributed by atoms with E-state index in [1.54, 1.807) is 11.5 Å². The molecule has 0 spiro atoms. The highest BCUT2D eigenvalue weighted by Crippen LogP contribution is 2.29. The van der Waals surface area contributed by atoms with Crippen molar-refractivity contribution in [2.45, 2.75) is 13.8 Å². The molecule has 1 aromatic carbocycles. The van der Waals surface area contributed by atoms with Crippen molar-refractivity contribution in [2.75, 3.05) is 0 Å². The Labute approximate surface area is 102 Å². The maximum absolute atomic E-state index is 11.8. The predicted molar refractivity (Wildman–Crippen MR) is 69.0 cm³/mol. The molecule has 0 saturated heterocycles. The smallest absolute Gasteiger partial charge is 0.336 e. The van der Waals surface area contributed by atoms with Gasteiger partial charge in [-0.1, -0.05) is 12.1 Å².